The van der Waals surface area contributed by atoms with Crippen LogP contribution in [0.4, 0.5) is 5.69 Å². The summed E-state index contributed by atoms with van der Waals surface area (Å²) < 4.78 is 5.55. The lowest BCUT2D eigenvalue weighted by atomic mass is 10.0. The Kier molecular flexibility index (Phi) is 6.65. The van der Waals surface area contributed by atoms with Crippen LogP contribution in [0.1, 0.15) is 49.9 Å². The largest absolute Gasteiger partial charge is 0.492 e. The molecule has 1 N–H and O–H groups in total. The number of hydrogen-bond donors (Lipinski definition) is 1. The van der Waals surface area contributed by atoms with Crippen molar-refractivity contribution in [2.75, 3.05) is 6.61 Å². The number of carbonyl (C=O) groups is 1. The maximum Gasteiger partial charge on any atom is 0.346 e. The predicted molar refractivity (Wildman–Crippen MR) is 78.9 cm³/mol. The number of nitrogens with zero attached hydrogens (tertiary/aromatic N) is 1. The van der Waals surface area contributed by atoms with E-state index in [9.17, 15) is 20.0 Å². The van der Waals surface area contributed by atoms with Gasteiger partial charge in [0.2, 0.25) is 0 Å². The maximum atomic E-state index is 11.2. The van der Waals surface area contributed by atoms with E-state index in [2.05, 4.69) is 13.8 Å². The van der Waals surface area contributed by atoms with E-state index in [0.717, 1.165) is 25.7 Å². The summed E-state index contributed by atoms with van der Waals surface area (Å²) in [6, 6.07) is 4.07. The second-order valence-corrected chi connectivity index (χ2v) is 4.94. The molecule has 0 aliphatic rings. The van der Waals surface area contributed by atoms with Crippen molar-refractivity contribution in [3.05, 3.63) is 33.9 Å². The van der Waals surface area contributed by atoms with Gasteiger partial charge in [-0.1, -0.05) is 39.2 Å². The van der Waals surface area contributed by atoms with Gasteiger partial charge in [-0.15, -0.1) is 0 Å². The standard InChI is InChI=1S/C15H21NO5/c1-3-5-7-11(4-2)10-21-13-9-6-8-12(16(19)20)14(13)15(17)18/h6,8-9,11H,3-5,7,10H2,1-2H3,(H,17,18). The Morgan fingerprint density at radius 1 is 1.43 bits per heavy atom. The molecule has 0 saturated heterocycles. The van der Waals surface area contributed by atoms with Gasteiger partial charge in [0.1, 0.15) is 5.75 Å². The Morgan fingerprint density at radius 3 is 2.67 bits per heavy atom. The Balaban J connectivity index is 2.90. The van der Waals surface area contributed by atoms with Crippen LogP contribution in [0.2, 0.25) is 0 Å². The molecule has 116 valence electrons. The molecule has 0 aromatic heterocycles. The van der Waals surface area contributed by atoms with Crippen LogP contribution in [0.5, 0.6) is 5.75 Å². The topological polar surface area (TPSA) is 89.7 Å². The van der Waals surface area contributed by atoms with Gasteiger partial charge in [-0.3, -0.25) is 10.1 Å². The number of unbranched alkanes of at least 4 members (excludes halogenated alkanes) is 1. The third-order valence-electron chi connectivity index (χ3n) is 3.43. The lowest BCUT2D eigenvalue weighted by Gasteiger charge is -2.16. The summed E-state index contributed by atoms with van der Waals surface area (Å²) in [7, 11) is 0. The molecule has 0 spiro atoms. The van der Waals surface area contributed by atoms with Gasteiger partial charge in [0.25, 0.3) is 5.69 Å². The summed E-state index contributed by atoms with van der Waals surface area (Å²) in [6.45, 7) is 4.53. The number of nitro benzene ring substituents is 1. The number of hydrogen-bond acceptors (Lipinski definition) is 4. The molecule has 0 bridgehead atoms. The van der Waals surface area contributed by atoms with Crippen LogP contribution < -0.4 is 4.74 Å². The lowest BCUT2D eigenvalue weighted by molar-refractivity contribution is -0.385. The van der Waals surface area contributed by atoms with Crippen molar-refractivity contribution in [2.24, 2.45) is 5.92 Å². The average Bonchev–Trinajstić information content (AvgIpc) is 2.46. The third kappa shape index (κ3) is 4.73. The van der Waals surface area contributed by atoms with Crippen LogP contribution in [0.15, 0.2) is 18.2 Å². The van der Waals surface area contributed by atoms with Crippen molar-refractivity contribution in [2.45, 2.75) is 39.5 Å². The van der Waals surface area contributed by atoms with E-state index in [1.54, 1.807) is 0 Å². The van der Waals surface area contributed by atoms with E-state index >= 15 is 0 Å². The Morgan fingerprint density at radius 2 is 2.14 bits per heavy atom. The fourth-order valence-electron chi connectivity index (χ4n) is 2.11. The molecule has 0 aliphatic heterocycles. The van der Waals surface area contributed by atoms with Crippen LogP contribution in [0.25, 0.3) is 0 Å². The normalized spacial score (nSPS) is 11.9. The minimum atomic E-state index is -1.35. The summed E-state index contributed by atoms with van der Waals surface area (Å²) >= 11 is 0. The first-order chi connectivity index (χ1) is 10.0. The summed E-state index contributed by atoms with van der Waals surface area (Å²) in [5.41, 5.74) is -0.825. The summed E-state index contributed by atoms with van der Waals surface area (Å²) in [6.07, 6.45) is 4.11. The zero-order valence-electron chi connectivity index (χ0n) is 12.4. The summed E-state index contributed by atoms with van der Waals surface area (Å²) in [4.78, 5) is 21.4. The highest BCUT2D eigenvalue weighted by Crippen LogP contribution is 2.29. The van der Waals surface area contributed by atoms with Gasteiger partial charge in [0.15, 0.2) is 5.56 Å². The molecular formula is C15H21NO5. The van der Waals surface area contributed by atoms with Gasteiger partial charge in [-0.2, -0.15) is 0 Å². The SMILES string of the molecule is CCCCC(CC)COc1cccc([N+](=O)[O-])c1C(=O)O. The second kappa shape index (κ2) is 8.24. The molecule has 1 rings (SSSR count). The minimum Gasteiger partial charge on any atom is -0.492 e. The number of ether oxygens (including phenoxy) is 1. The van der Waals surface area contributed by atoms with Gasteiger partial charge in [0.05, 0.1) is 11.5 Å². The first-order valence-electron chi connectivity index (χ1n) is 7.14. The maximum absolute atomic E-state index is 11.2. The van der Waals surface area contributed by atoms with E-state index in [1.807, 2.05) is 0 Å². The van der Waals surface area contributed by atoms with Gasteiger partial charge in [-0.25, -0.2) is 4.79 Å². The molecule has 1 atom stereocenters. The van der Waals surface area contributed by atoms with Crippen LogP contribution in [0, 0.1) is 16.0 Å². The van der Waals surface area contributed by atoms with Crippen molar-refractivity contribution >= 4 is 11.7 Å². The molecule has 0 fully saturated rings. The smallest absolute Gasteiger partial charge is 0.346 e. The number of rotatable bonds is 9. The molecule has 6 heteroatoms. The third-order valence-corrected chi connectivity index (χ3v) is 3.43. The molecule has 21 heavy (non-hydrogen) atoms. The van der Waals surface area contributed by atoms with Crippen molar-refractivity contribution in [3.8, 4) is 5.75 Å². The molecule has 0 saturated carbocycles. The zero-order valence-corrected chi connectivity index (χ0v) is 12.4. The number of carboxylic acid groups (broad SMARTS) is 1. The summed E-state index contributed by atoms with van der Waals surface area (Å²) in [5.74, 6) is -0.962. The molecule has 0 amide bonds. The van der Waals surface area contributed by atoms with Gasteiger partial charge in [-0.05, 0) is 18.4 Å². The molecule has 0 radical (unpaired) electrons. The van der Waals surface area contributed by atoms with Crippen molar-refractivity contribution in [1.29, 1.82) is 0 Å². The highest BCUT2D eigenvalue weighted by Gasteiger charge is 2.25. The van der Waals surface area contributed by atoms with Gasteiger partial charge >= 0.3 is 5.97 Å². The highest BCUT2D eigenvalue weighted by molar-refractivity contribution is 5.95. The first kappa shape index (κ1) is 16.9. The summed E-state index contributed by atoms with van der Waals surface area (Å²) in [5, 5.41) is 20.1. The molecule has 0 heterocycles. The van der Waals surface area contributed by atoms with Crippen molar-refractivity contribution in [1.82, 2.24) is 0 Å². The van der Waals surface area contributed by atoms with E-state index in [1.165, 1.54) is 18.2 Å². The molecule has 1 aromatic rings. The van der Waals surface area contributed by atoms with E-state index in [-0.39, 0.29) is 11.3 Å². The fourth-order valence-corrected chi connectivity index (χ4v) is 2.11. The molecule has 0 aliphatic carbocycles. The number of aromatic carboxylic acids is 1. The Hall–Kier alpha value is -2.11. The minimum absolute atomic E-state index is 0.0617. The number of carboxylic acids is 1. The quantitative estimate of drug-likeness (QED) is 0.551. The van der Waals surface area contributed by atoms with E-state index in [4.69, 9.17) is 4.74 Å². The monoisotopic (exact) mass is 295 g/mol. The Bertz CT molecular complexity index is 501. The number of benzene rings is 1. The lowest BCUT2D eigenvalue weighted by Crippen LogP contribution is -2.14. The van der Waals surface area contributed by atoms with E-state index in [0.29, 0.717) is 12.5 Å². The highest BCUT2D eigenvalue weighted by atomic mass is 16.6. The zero-order chi connectivity index (χ0) is 15.8. The van der Waals surface area contributed by atoms with Crippen LogP contribution in [-0.4, -0.2) is 22.6 Å². The predicted octanol–water partition coefficient (Wildman–Crippen LogP) is 3.89. The van der Waals surface area contributed by atoms with Gasteiger partial charge < -0.3 is 9.84 Å². The molecule has 6 nitrogen and oxygen atoms in total. The molecule has 1 aromatic carbocycles. The van der Waals surface area contributed by atoms with Crippen LogP contribution >= 0.6 is 0 Å². The number of nitro groups is 1. The molecular weight excluding hydrogens is 274 g/mol. The van der Waals surface area contributed by atoms with Crippen LogP contribution in [-0.2, 0) is 0 Å². The average molecular weight is 295 g/mol. The van der Waals surface area contributed by atoms with Crippen molar-refractivity contribution < 1.29 is 19.6 Å². The van der Waals surface area contributed by atoms with Gasteiger partial charge in [0, 0.05) is 6.07 Å². The fraction of sp³-hybridized carbons (Fsp3) is 0.533. The first-order valence-corrected chi connectivity index (χ1v) is 7.14. The van der Waals surface area contributed by atoms with Crippen LogP contribution in [0.3, 0.4) is 0 Å². The second-order valence-electron chi connectivity index (χ2n) is 4.94. The Labute approximate surface area is 123 Å². The van der Waals surface area contributed by atoms with Crippen molar-refractivity contribution in [3.63, 3.8) is 0 Å². The van der Waals surface area contributed by atoms with E-state index < -0.39 is 16.6 Å². The molecule has 1 unspecified atom stereocenters.